The lowest BCUT2D eigenvalue weighted by molar-refractivity contribution is 0.936. The predicted octanol–water partition coefficient (Wildman–Crippen LogP) is 1.77. The molecule has 0 aromatic carbocycles. The van der Waals surface area contributed by atoms with Crippen LogP contribution in [0.1, 0.15) is 5.69 Å². The zero-order valence-corrected chi connectivity index (χ0v) is 8.57. The normalized spacial score (nSPS) is 10.5. The molecule has 0 radical (unpaired) electrons. The molecule has 0 amide bonds. The molecule has 2 heterocycles. The highest BCUT2D eigenvalue weighted by Crippen LogP contribution is 2.23. The SMILES string of the molecule is NCCc1csc(-c2cscn2)n1. The van der Waals surface area contributed by atoms with Crippen molar-refractivity contribution in [1.82, 2.24) is 9.97 Å². The van der Waals surface area contributed by atoms with Gasteiger partial charge in [0, 0.05) is 17.2 Å². The molecule has 68 valence electrons. The molecule has 5 heteroatoms. The van der Waals surface area contributed by atoms with Crippen molar-refractivity contribution in [2.45, 2.75) is 6.42 Å². The van der Waals surface area contributed by atoms with Crippen LogP contribution in [0.5, 0.6) is 0 Å². The molecule has 0 spiro atoms. The summed E-state index contributed by atoms with van der Waals surface area (Å²) in [6.45, 7) is 0.653. The van der Waals surface area contributed by atoms with Crippen molar-refractivity contribution in [2.75, 3.05) is 6.54 Å². The Bertz CT molecular complexity index is 366. The van der Waals surface area contributed by atoms with Crippen molar-refractivity contribution in [3.8, 4) is 10.7 Å². The van der Waals surface area contributed by atoms with Crippen LogP contribution < -0.4 is 5.73 Å². The van der Waals surface area contributed by atoms with E-state index < -0.39 is 0 Å². The lowest BCUT2D eigenvalue weighted by Crippen LogP contribution is -2.02. The minimum atomic E-state index is 0.653. The fourth-order valence-corrected chi connectivity index (χ4v) is 2.44. The van der Waals surface area contributed by atoms with Gasteiger partial charge in [0.2, 0.25) is 0 Å². The highest BCUT2D eigenvalue weighted by Gasteiger charge is 2.04. The van der Waals surface area contributed by atoms with Crippen LogP contribution in [0.4, 0.5) is 0 Å². The maximum Gasteiger partial charge on any atom is 0.142 e. The zero-order valence-electron chi connectivity index (χ0n) is 6.93. The molecule has 0 aliphatic heterocycles. The van der Waals surface area contributed by atoms with E-state index in [4.69, 9.17) is 5.73 Å². The van der Waals surface area contributed by atoms with E-state index in [1.54, 1.807) is 22.7 Å². The van der Waals surface area contributed by atoms with Crippen molar-refractivity contribution in [1.29, 1.82) is 0 Å². The molecule has 2 aromatic heterocycles. The highest BCUT2D eigenvalue weighted by atomic mass is 32.1. The Morgan fingerprint density at radius 3 is 3.00 bits per heavy atom. The summed E-state index contributed by atoms with van der Waals surface area (Å²) in [6, 6.07) is 0. The topological polar surface area (TPSA) is 51.8 Å². The average molecular weight is 211 g/mol. The molecular weight excluding hydrogens is 202 g/mol. The van der Waals surface area contributed by atoms with Crippen molar-refractivity contribution >= 4 is 22.7 Å². The van der Waals surface area contributed by atoms with Crippen LogP contribution >= 0.6 is 22.7 Å². The van der Waals surface area contributed by atoms with Gasteiger partial charge in [0.15, 0.2) is 0 Å². The Kier molecular flexibility index (Phi) is 2.68. The van der Waals surface area contributed by atoms with Crippen LogP contribution in [0, 0.1) is 0 Å². The standard InChI is InChI=1S/C8H9N3S2/c9-2-1-6-3-13-8(11-6)7-4-12-5-10-7/h3-5H,1-2,9H2. The monoisotopic (exact) mass is 211 g/mol. The Labute approximate surface area is 84.3 Å². The van der Waals surface area contributed by atoms with E-state index in [0.29, 0.717) is 6.54 Å². The molecule has 0 bridgehead atoms. The second kappa shape index (κ2) is 3.95. The van der Waals surface area contributed by atoms with E-state index in [1.165, 1.54) is 0 Å². The highest BCUT2D eigenvalue weighted by molar-refractivity contribution is 7.13. The summed E-state index contributed by atoms with van der Waals surface area (Å²) < 4.78 is 0. The Morgan fingerprint density at radius 2 is 2.31 bits per heavy atom. The Morgan fingerprint density at radius 1 is 1.38 bits per heavy atom. The average Bonchev–Trinajstić information content (AvgIpc) is 2.70. The lowest BCUT2D eigenvalue weighted by atomic mass is 10.3. The van der Waals surface area contributed by atoms with Gasteiger partial charge >= 0.3 is 0 Å². The third-order valence-electron chi connectivity index (χ3n) is 1.60. The second-order valence-electron chi connectivity index (χ2n) is 2.56. The zero-order chi connectivity index (χ0) is 9.10. The van der Waals surface area contributed by atoms with Gasteiger partial charge in [-0.05, 0) is 6.54 Å². The number of nitrogens with two attached hydrogens (primary N) is 1. The molecule has 0 fully saturated rings. The van der Waals surface area contributed by atoms with Crippen LogP contribution in [0.3, 0.4) is 0 Å². The summed E-state index contributed by atoms with van der Waals surface area (Å²) in [5.41, 5.74) is 9.29. The smallest absolute Gasteiger partial charge is 0.142 e. The summed E-state index contributed by atoms with van der Waals surface area (Å²) in [4.78, 5) is 8.62. The van der Waals surface area contributed by atoms with Crippen LogP contribution in [-0.4, -0.2) is 16.5 Å². The third-order valence-corrected chi connectivity index (χ3v) is 3.10. The molecule has 0 atom stereocenters. The van der Waals surface area contributed by atoms with Crippen molar-refractivity contribution < 1.29 is 0 Å². The first-order valence-corrected chi connectivity index (χ1v) is 5.75. The fourth-order valence-electron chi connectivity index (χ4n) is 1.01. The number of rotatable bonds is 3. The van der Waals surface area contributed by atoms with Gasteiger partial charge in [-0.3, -0.25) is 0 Å². The van der Waals surface area contributed by atoms with Gasteiger partial charge in [0.1, 0.15) is 10.7 Å². The number of aromatic nitrogens is 2. The number of hydrogen-bond donors (Lipinski definition) is 1. The summed E-state index contributed by atoms with van der Waals surface area (Å²) in [7, 11) is 0. The van der Waals surface area contributed by atoms with Gasteiger partial charge in [0.05, 0.1) is 11.2 Å². The van der Waals surface area contributed by atoms with Gasteiger partial charge < -0.3 is 5.73 Å². The summed E-state index contributed by atoms with van der Waals surface area (Å²) in [5, 5.41) is 5.04. The predicted molar refractivity (Wildman–Crippen MR) is 56.0 cm³/mol. The maximum atomic E-state index is 5.44. The summed E-state index contributed by atoms with van der Waals surface area (Å²) in [6.07, 6.45) is 0.848. The molecule has 0 saturated heterocycles. The van der Waals surface area contributed by atoms with Gasteiger partial charge in [-0.25, -0.2) is 9.97 Å². The lowest BCUT2D eigenvalue weighted by Gasteiger charge is -1.88. The van der Waals surface area contributed by atoms with Crippen molar-refractivity contribution in [3.63, 3.8) is 0 Å². The summed E-state index contributed by atoms with van der Waals surface area (Å²) in [5.74, 6) is 0. The molecule has 2 rings (SSSR count). The van der Waals surface area contributed by atoms with Crippen LogP contribution in [-0.2, 0) is 6.42 Å². The van der Waals surface area contributed by atoms with Crippen LogP contribution in [0.2, 0.25) is 0 Å². The van der Waals surface area contributed by atoms with Gasteiger partial charge in [-0.2, -0.15) is 0 Å². The van der Waals surface area contributed by atoms with Gasteiger partial charge in [0.25, 0.3) is 0 Å². The van der Waals surface area contributed by atoms with Crippen molar-refractivity contribution in [2.24, 2.45) is 5.73 Å². The number of thiazole rings is 2. The van der Waals surface area contributed by atoms with E-state index in [2.05, 4.69) is 9.97 Å². The Hall–Kier alpha value is -0.780. The minimum Gasteiger partial charge on any atom is -0.330 e. The van der Waals surface area contributed by atoms with Gasteiger partial charge in [-0.15, -0.1) is 22.7 Å². The first-order valence-electron chi connectivity index (χ1n) is 3.93. The first kappa shape index (κ1) is 8.80. The summed E-state index contributed by atoms with van der Waals surface area (Å²) >= 11 is 3.21. The Balaban J connectivity index is 2.23. The minimum absolute atomic E-state index is 0.653. The fraction of sp³-hybridized carbons (Fsp3) is 0.250. The van der Waals surface area contributed by atoms with E-state index in [-0.39, 0.29) is 0 Å². The largest absolute Gasteiger partial charge is 0.330 e. The second-order valence-corrected chi connectivity index (χ2v) is 4.13. The first-order chi connectivity index (χ1) is 6.40. The van der Waals surface area contributed by atoms with Crippen molar-refractivity contribution in [3.05, 3.63) is 22.0 Å². The number of hydrogen-bond acceptors (Lipinski definition) is 5. The quantitative estimate of drug-likeness (QED) is 0.841. The van der Waals surface area contributed by atoms with Gasteiger partial charge in [-0.1, -0.05) is 0 Å². The molecule has 0 saturated carbocycles. The van der Waals surface area contributed by atoms with E-state index in [0.717, 1.165) is 22.8 Å². The molecule has 3 nitrogen and oxygen atoms in total. The molecule has 0 aliphatic carbocycles. The van der Waals surface area contributed by atoms with Crippen LogP contribution in [0.15, 0.2) is 16.3 Å². The molecule has 0 aliphatic rings. The molecule has 2 aromatic rings. The van der Waals surface area contributed by atoms with E-state index in [9.17, 15) is 0 Å². The maximum absolute atomic E-state index is 5.44. The molecule has 0 unspecified atom stereocenters. The van der Waals surface area contributed by atoms with Crippen LogP contribution in [0.25, 0.3) is 10.7 Å². The van der Waals surface area contributed by atoms with E-state index >= 15 is 0 Å². The molecule has 2 N–H and O–H groups in total. The number of nitrogens with zero attached hydrogens (tertiary/aromatic N) is 2. The van der Waals surface area contributed by atoms with E-state index in [1.807, 2.05) is 16.3 Å². The molecular formula is C8H9N3S2. The third kappa shape index (κ3) is 1.93. The molecule has 13 heavy (non-hydrogen) atoms.